The quantitative estimate of drug-likeness (QED) is 0.753. The number of hydrogen-bond acceptors (Lipinski definition) is 2. The lowest BCUT2D eigenvalue weighted by Gasteiger charge is -2.13. The first kappa shape index (κ1) is 15.0. The minimum atomic E-state index is 0.412. The van der Waals surface area contributed by atoms with E-state index in [1.165, 1.54) is 12.8 Å². The summed E-state index contributed by atoms with van der Waals surface area (Å²) in [4.78, 5) is 0. The Morgan fingerprint density at radius 3 is 2.62 bits per heavy atom. The fraction of sp³-hybridized carbons (Fsp3) is 0.250. The van der Waals surface area contributed by atoms with Crippen molar-refractivity contribution in [1.82, 2.24) is 5.32 Å². The number of halogens is 3. The molecule has 0 saturated heterocycles. The van der Waals surface area contributed by atoms with Gasteiger partial charge in [-0.25, -0.2) is 0 Å². The van der Waals surface area contributed by atoms with E-state index in [2.05, 4.69) is 5.32 Å². The predicted octanol–water partition coefficient (Wildman–Crippen LogP) is 5.69. The summed E-state index contributed by atoms with van der Waals surface area (Å²) in [5, 5.41) is 5.03. The summed E-state index contributed by atoms with van der Waals surface area (Å²) in [5.74, 6) is 1.27. The molecule has 5 heteroatoms. The Morgan fingerprint density at radius 2 is 1.86 bits per heavy atom. The Balaban J connectivity index is 1.84. The fourth-order valence-corrected chi connectivity index (χ4v) is 2.53. The highest BCUT2D eigenvalue weighted by molar-refractivity contribution is 6.42. The molecule has 0 radical (unpaired) electrons. The lowest BCUT2D eigenvalue weighted by Crippen LogP contribution is -2.15. The Labute approximate surface area is 139 Å². The minimum absolute atomic E-state index is 0.412. The van der Waals surface area contributed by atoms with Gasteiger partial charge < -0.3 is 10.1 Å². The summed E-state index contributed by atoms with van der Waals surface area (Å²) in [5.41, 5.74) is 1.01. The maximum absolute atomic E-state index is 6.17. The fourth-order valence-electron chi connectivity index (χ4n) is 2.01. The van der Waals surface area contributed by atoms with Gasteiger partial charge in [0.2, 0.25) is 0 Å². The van der Waals surface area contributed by atoms with Crippen LogP contribution in [-0.4, -0.2) is 6.04 Å². The molecule has 0 aromatic heterocycles. The number of ether oxygens (including phenoxy) is 1. The van der Waals surface area contributed by atoms with Crippen molar-refractivity contribution in [3.8, 4) is 11.5 Å². The summed E-state index contributed by atoms with van der Waals surface area (Å²) in [7, 11) is 0. The molecule has 0 heterocycles. The van der Waals surface area contributed by atoms with E-state index in [0.29, 0.717) is 26.9 Å². The van der Waals surface area contributed by atoms with E-state index in [4.69, 9.17) is 39.5 Å². The topological polar surface area (TPSA) is 21.3 Å². The van der Waals surface area contributed by atoms with Crippen LogP contribution >= 0.6 is 34.8 Å². The van der Waals surface area contributed by atoms with Crippen molar-refractivity contribution in [2.45, 2.75) is 25.4 Å². The average Bonchev–Trinajstić information content (AvgIpc) is 3.28. The van der Waals surface area contributed by atoms with Crippen molar-refractivity contribution in [2.75, 3.05) is 0 Å². The SMILES string of the molecule is Clc1ccc(Oc2cccc(Cl)c2Cl)c(CNC2CC2)c1. The number of nitrogens with one attached hydrogen (secondary N) is 1. The van der Waals surface area contributed by atoms with Crippen LogP contribution in [0.25, 0.3) is 0 Å². The Morgan fingerprint density at radius 1 is 1.05 bits per heavy atom. The summed E-state index contributed by atoms with van der Waals surface area (Å²) in [6.07, 6.45) is 2.47. The zero-order valence-electron chi connectivity index (χ0n) is 11.2. The molecule has 0 bridgehead atoms. The molecule has 2 nitrogen and oxygen atoms in total. The van der Waals surface area contributed by atoms with Gasteiger partial charge in [0, 0.05) is 23.2 Å². The molecule has 1 saturated carbocycles. The molecule has 0 spiro atoms. The zero-order valence-corrected chi connectivity index (χ0v) is 13.5. The minimum Gasteiger partial charge on any atom is -0.455 e. The van der Waals surface area contributed by atoms with Gasteiger partial charge in [-0.2, -0.15) is 0 Å². The molecule has 1 N–H and O–H groups in total. The van der Waals surface area contributed by atoms with Gasteiger partial charge in [0.1, 0.15) is 16.5 Å². The van der Waals surface area contributed by atoms with Crippen LogP contribution in [0.5, 0.6) is 11.5 Å². The third-order valence-electron chi connectivity index (χ3n) is 3.32. The van der Waals surface area contributed by atoms with Gasteiger partial charge in [0.05, 0.1) is 5.02 Å². The maximum atomic E-state index is 6.17. The highest BCUT2D eigenvalue weighted by atomic mass is 35.5. The molecule has 0 amide bonds. The van der Waals surface area contributed by atoms with Gasteiger partial charge in [0.15, 0.2) is 0 Å². The van der Waals surface area contributed by atoms with E-state index in [1.54, 1.807) is 18.2 Å². The van der Waals surface area contributed by atoms with E-state index >= 15 is 0 Å². The molecule has 0 unspecified atom stereocenters. The van der Waals surface area contributed by atoms with E-state index in [1.807, 2.05) is 18.2 Å². The van der Waals surface area contributed by atoms with Crippen molar-refractivity contribution >= 4 is 34.8 Å². The van der Waals surface area contributed by atoms with Gasteiger partial charge >= 0.3 is 0 Å². The zero-order chi connectivity index (χ0) is 14.8. The van der Waals surface area contributed by atoms with Gasteiger partial charge in [-0.05, 0) is 43.2 Å². The number of rotatable bonds is 5. The van der Waals surface area contributed by atoms with Gasteiger partial charge in [-0.15, -0.1) is 0 Å². The van der Waals surface area contributed by atoms with Gasteiger partial charge in [0.25, 0.3) is 0 Å². The van der Waals surface area contributed by atoms with E-state index in [-0.39, 0.29) is 0 Å². The van der Waals surface area contributed by atoms with Crippen LogP contribution in [0.2, 0.25) is 15.1 Å². The van der Waals surface area contributed by atoms with Crippen LogP contribution in [-0.2, 0) is 6.54 Å². The Bertz CT molecular complexity index is 656. The standard InChI is InChI=1S/C16H14Cl3NO/c17-11-4-7-14(10(8-11)9-20-12-5-6-12)21-15-3-1-2-13(18)16(15)19/h1-4,7-8,12,20H,5-6,9H2. The average molecular weight is 343 g/mol. The van der Waals surface area contributed by atoms with E-state index in [9.17, 15) is 0 Å². The Kier molecular flexibility index (Phi) is 4.60. The molecular formula is C16H14Cl3NO. The van der Waals surface area contributed by atoms with Crippen molar-refractivity contribution in [2.24, 2.45) is 0 Å². The van der Waals surface area contributed by atoms with E-state index < -0.39 is 0 Å². The first-order valence-electron chi connectivity index (χ1n) is 6.77. The van der Waals surface area contributed by atoms with Crippen molar-refractivity contribution < 1.29 is 4.74 Å². The highest BCUT2D eigenvalue weighted by Gasteiger charge is 2.21. The molecule has 2 aromatic rings. The summed E-state index contributed by atoms with van der Waals surface area (Å²) in [6.45, 7) is 0.721. The molecule has 0 atom stereocenters. The second kappa shape index (κ2) is 6.45. The molecule has 1 fully saturated rings. The van der Waals surface area contributed by atoms with Crippen molar-refractivity contribution in [3.63, 3.8) is 0 Å². The Hall–Kier alpha value is -0.930. The third-order valence-corrected chi connectivity index (χ3v) is 4.35. The predicted molar refractivity (Wildman–Crippen MR) is 87.8 cm³/mol. The molecule has 21 heavy (non-hydrogen) atoms. The first-order valence-corrected chi connectivity index (χ1v) is 7.90. The van der Waals surface area contributed by atoms with E-state index in [0.717, 1.165) is 17.9 Å². The van der Waals surface area contributed by atoms with Crippen LogP contribution in [0.15, 0.2) is 36.4 Å². The maximum Gasteiger partial charge on any atom is 0.147 e. The molecule has 110 valence electrons. The van der Waals surface area contributed by atoms with Crippen LogP contribution in [0.4, 0.5) is 0 Å². The number of hydrogen-bond donors (Lipinski definition) is 1. The summed E-state index contributed by atoms with van der Waals surface area (Å²) in [6, 6.07) is 11.5. The van der Waals surface area contributed by atoms with Crippen LogP contribution in [0.1, 0.15) is 18.4 Å². The molecule has 2 aromatic carbocycles. The second-order valence-corrected chi connectivity index (χ2v) is 6.28. The third kappa shape index (κ3) is 3.83. The number of benzene rings is 2. The lowest BCUT2D eigenvalue weighted by atomic mass is 10.2. The molecule has 0 aliphatic heterocycles. The normalized spacial score (nSPS) is 14.2. The highest BCUT2D eigenvalue weighted by Crippen LogP contribution is 2.36. The molecule has 1 aliphatic carbocycles. The molecule has 1 aliphatic rings. The van der Waals surface area contributed by atoms with Crippen molar-refractivity contribution in [1.29, 1.82) is 0 Å². The van der Waals surface area contributed by atoms with Crippen LogP contribution in [0.3, 0.4) is 0 Å². The largest absolute Gasteiger partial charge is 0.455 e. The van der Waals surface area contributed by atoms with Crippen LogP contribution < -0.4 is 10.1 Å². The molecule has 3 rings (SSSR count). The summed E-state index contributed by atoms with van der Waals surface area (Å²) >= 11 is 18.3. The molecular weight excluding hydrogens is 329 g/mol. The van der Waals surface area contributed by atoms with Gasteiger partial charge in [-0.3, -0.25) is 0 Å². The lowest BCUT2D eigenvalue weighted by molar-refractivity contribution is 0.473. The second-order valence-electron chi connectivity index (χ2n) is 5.06. The van der Waals surface area contributed by atoms with Crippen molar-refractivity contribution in [3.05, 3.63) is 57.0 Å². The summed E-state index contributed by atoms with van der Waals surface area (Å²) < 4.78 is 5.91. The first-order chi connectivity index (χ1) is 10.1. The van der Waals surface area contributed by atoms with Crippen LogP contribution in [0, 0.1) is 0 Å². The monoisotopic (exact) mass is 341 g/mol. The smallest absolute Gasteiger partial charge is 0.147 e. The van der Waals surface area contributed by atoms with Gasteiger partial charge in [-0.1, -0.05) is 40.9 Å².